The number of halogens is 4. The molecule has 1 aliphatic rings. The number of ether oxygens (including phenoxy) is 1. The van der Waals surface area contributed by atoms with Crippen molar-refractivity contribution in [1.82, 2.24) is 5.32 Å². The first-order valence-corrected chi connectivity index (χ1v) is 6.60. The van der Waals surface area contributed by atoms with Gasteiger partial charge in [0.2, 0.25) is 0 Å². The molecule has 1 saturated heterocycles. The molecule has 1 N–H and O–H groups in total. The van der Waals surface area contributed by atoms with E-state index in [9.17, 15) is 17.6 Å². The van der Waals surface area contributed by atoms with Crippen LogP contribution in [0.3, 0.4) is 0 Å². The Morgan fingerprint density at radius 3 is 2.30 bits per heavy atom. The highest BCUT2D eigenvalue weighted by atomic mass is 19.4. The minimum Gasteiger partial charge on any atom is -0.381 e. The number of hydrogen-bond donors (Lipinski definition) is 1. The zero-order chi connectivity index (χ0) is 14.6. The molecular formula is C14H17F4NO. The fourth-order valence-corrected chi connectivity index (χ4v) is 2.35. The minimum absolute atomic E-state index is 0.00107. The molecule has 112 valence electrons. The Labute approximate surface area is 115 Å². The van der Waals surface area contributed by atoms with E-state index >= 15 is 0 Å². The molecule has 0 radical (unpaired) electrons. The number of hydrogen-bond acceptors (Lipinski definition) is 2. The van der Waals surface area contributed by atoms with Gasteiger partial charge in [0, 0.05) is 25.3 Å². The van der Waals surface area contributed by atoms with Crippen LogP contribution >= 0.6 is 0 Å². The molecule has 0 aromatic heterocycles. The monoisotopic (exact) mass is 291 g/mol. The Bertz CT molecular complexity index is 412. The molecule has 0 spiro atoms. The molecule has 1 aromatic rings. The fraction of sp³-hybridized carbons (Fsp3) is 0.571. The fourth-order valence-electron chi connectivity index (χ4n) is 2.35. The van der Waals surface area contributed by atoms with E-state index in [2.05, 4.69) is 5.32 Å². The van der Waals surface area contributed by atoms with Gasteiger partial charge in [-0.15, -0.1) is 0 Å². The molecule has 1 aliphatic heterocycles. The average Bonchev–Trinajstić information content (AvgIpc) is 2.38. The molecule has 1 heterocycles. The number of rotatable bonds is 4. The highest BCUT2D eigenvalue weighted by Crippen LogP contribution is 2.30. The zero-order valence-electron chi connectivity index (χ0n) is 10.9. The van der Waals surface area contributed by atoms with E-state index < -0.39 is 24.5 Å². The summed E-state index contributed by atoms with van der Waals surface area (Å²) < 4.78 is 56.1. The third-order valence-corrected chi connectivity index (χ3v) is 3.37. The first-order chi connectivity index (χ1) is 9.44. The first-order valence-electron chi connectivity index (χ1n) is 6.60. The molecular weight excluding hydrogens is 274 g/mol. The molecule has 20 heavy (non-hydrogen) atoms. The quantitative estimate of drug-likeness (QED) is 0.856. The van der Waals surface area contributed by atoms with Crippen molar-refractivity contribution < 1.29 is 22.3 Å². The summed E-state index contributed by atoms with van der Waals surface area (Å²) in [6.07, 6.45) is -3.85. The summed E-state index contributed by atoms with van der Waals surface area (Å²) in [5, 5.41) is 3.03. The van der Waals surface area contributed by atoms with E-state index in [-0.39, 0.29) is 6.04 Å². The maximum Gasteiger partial charge on any atom is 0.390 e. The van der Waals surface area contributed by atoms with Gasteiger partial charge in [-0.1, -0.05) is 12.1 Å². The third-order valence-electron chi connectivity index (χ3n) is 3.37. The van der Waals surface area contributed by atoms with Crippen LogP contribution in [0.4, 0.5) is 17.6 Å². The normalized spacial score (nSPS) is 19.0. The van der Waals surface area contributed by atoms with Gasteiger partial charge in [-0.25, -0.2) is 4.39 Å². The van der Waals surface area contributed by atoms with Crippen molar-refractivity contribution in [2.24, 2.45) is 0 Å². The molecule has 1 fully saturated rings. The van der Waals surface area contributed by atoms with Crippen molar-refractivity contribution in [2.45, 2.75) is 37.5 Å². The Kier molecular flexibility index (Phi) is 4.99. The van der Waals surface area contributed by atoms with Gasteiger partial charge in [0.25, 0.3) is 0 Å². The van der Waals surface area contributed by atoms with Crippen LogP contribution in [0.15, 0.2) is 24.3 Å². The Balaban J connectivity index is 2.09. The molecule has 0 saturated carbocycles. The van der Waals surface area contributed by atoms with Gasteiger partial charge < -0.3 is 10.1 Å². The van der Waals surface area contributed by atoms with Crippen molar-refractivity contribution >= 4 is 0 Å². The molecule has 2 nitrogen and oxygen atoms in total. The second-order valence-corrected chi connectivity index (χ2v) is 4.98. The third kappa shape index (κ3) is 4.76. The topological polar surface area (TPSA) is 21.3 Å². The lowest BCUT2D eigenvalue weighted by Crippen LogP contribution is -2.39. The molecule has 1 atom stereocenters. The van der Waals surface area contributed by atoms with E-state index in [0.29, 0.717) is 31.6 Å². The lowest BCUT2D eigenvalue weighted by molar-refractivity contribution is -0.141. The maximum atomic E-state index is 12.9. The van der Waals surface area contributed by atoms with Gasteiger partial charge >= 0.3 is 6.18 Å². The van der Waals surface area contributed by atoms with E-state index in [1.165, 1.54) is 24.3 Å². The van der Waals surface area contributed by atoms with Crippen molar-refractivity contribution in [3.05, 3.63) is 35.6 Å². The summed E-state index contributed by atoms with van der Waals surface area (Å²) in [7, 11) is 0. The van der Waals surface area contributed by atoms with Gasteiger partial charge in [0.05, 0.1) is 6.42 Å². The average molecular weight is 291 g/mol. The highest BCUT2D eigenvalue weighted by Gasteiger charge is 2.33. The minimum atomic E-state index is -4.27. The van der Waals surface area contributed by atoms with Gasteiger partial charge in [0.1, 0.15) is 5.82 Å². The van der Waals surface area contributed by atoms with Crippen molar-refractivity contribution in [2.75, 3.05) is 13.2 Å². The highest BCUT2D eigenvalue weighted by molar-refractivity contribution is 5.20. The second-order valence-electron chi connectivity index (χ2n) is 4.98. The number of nitrogens with one attached hydrogen (secondary N) is 1. The number of benzene rings is 1. The zero-order valence-corrected chi connectivity index (χ0v) is 10.9. The first kappa shape index (κ1) is 15.3. The van der Waals surface area contributed by atoms with Crippen LogP contribution in [0, 0.1) is 5.82 Å². The maximum absolute atomic E-state index is 12.9. The van der Waals surface area contributed by atoms with Crippen LogP contribution < -0.4 is 5.32 Å². The largest absolute Gasteiger partial charge is 0.390 e. The van der Waals surface area contributed by atoms with E-state index in [1.807, 2.05) is 0 Å². The van der Waals surface area contributed by atoms with Crippen LogP contribution in [0.5, 0.6) is 0 Å². The smallest absolute Gasteiger partial charge is 0.381 e. The summed E-state index contributed by atoms with van der Waals surface area (Å²) in [5.74, 6) is -0.453. The Hall–Kier alpha value is -1.14. The molecule has 1 unspecified atom stereocenters. The van der Waals surface area contributed by atoms with Gasteiger partial charge in [-0.2, -0.15) is 13.2 Å². The molecule has 0 aliphatic carbocycles. The van der Waals surface area contributed by atoms with Crippen LogP contribution in [0.1, 0.15) is 30.9 Å². The molecule has 1 aromatic carbocycles. The van der Waals surface area contributed by atoms with Crippen LogP contribution in [0.25, 0.3) is 0 Å². The predicted octanol–water partition coefficient (Wildman–Crippen LogP) is 3.59. The standard InChI is InChI=1S/C14H17F4NO/c15-11-3-1-10(2-4-11)13(9-14(16,17)18)19-12-5-7-20-8-6-12/h1-4,12-13,19H,5-9H2. The van der Waals surface area contributed by atoms with E-state index in [4.69, 9.17) is 4.74 Å². The molecule has 0 amide bonds. The lowest BCUT2D eigenvalue weighted by Gasteiger charge is -2.29. The summed E-state index contributed by atoms with van der Waals surface area (Å²) >= 11 is 0. The van der Waals surface area contributed by atoms with Gasteiger partial charge in [-0.05, 0) is 30.5 Å². The van der Waals surface area contributed by atoms with Gasteiger partial charge in [0.15, 0.2) is 0 Å². The van der Waals surface area contributed by atoms with Crippen LogP contribution in [-0.4, -0.2) is 25.4 Å². The lowest BCUT2D eigenvalue weighted by atomic mass is 10.00. The molecule has 2 rings (SSSR count). The van der Waals surface area contributed by atoms with E-state index in [1.54, 1.807) is 0 Å². The molecule has 0 bridgehead atoms. The van der Waals surface area contributed by atoms with Crippen molar-refractivity contribution in [3.63, 3.8) is 0 Å². The van der Waals surface area contributed by atoms with Gasteiger partial charge in [-0.3, -0.25) is 0 Å². The van der Waals surface area contributed by atoms with Crippen molar-refractivity contribution in [1.29, 1.82) is 0 Å². The number of alkyl halides is 3. The van der Waals surface area contributed by atoms with Crippen LogP contribution in [-0.2, 0) is 4.74 Å². The Morgan fingerprint density at radius 1 is 1.15 bits per heavy atom. The summed E-state index contributed by atoms with van der Waals surface area (Å²) in [4.78, 5) is 0. The van der Waals surface area contributed by atoms with E-state index in [0.717, 1.165) is 0 Å². The molecule has 6 heteroatoms. The summed E-state index contributed by atoms with van der Waals surface area (Å²) in [6.45, 7) is 1.11. The summed E-state index contributed by atoms with van der Waals surface area (Å²) in [5.41, 5.74) is 0.454. The van der Waals surface area contributed by atoms with Crippen LogP contribution in [0.2, 0.25) is 0 Å². The predicted molar refractivity (Wildman–Crippen MR) is 66.8 cm³/mol. The SMILES string of the molecule is Fc1ccc(C(CC(F)(F)F)NC2CCOCC2)cc1. The van der Waals surface area contributed by atoms with Crippen molar-refractivity contribution in [3.8, 4) is 0 Å². The Morgan fingerprint density at radius 2 is 1.75 bits per heavy atom. The summed E-state index contributed by atoms with van der Waals surface area (Å²) in [6, 6.07) is 4.32. The second kappa shape index (κ2) is 6.54.